The van der Waals surface area contributed by atoms with Gasteiger partial charge in [0.15, 0.2) is 0 Å². The summed E-state index contributed by atoms with van der Waals surface area (Å²) in [6.07, 6.45) is 6.94. The standard InChI is InChI=1S/C15H22N4O/c1-11-9-18-7-3-2-4-12(18)10-19(11)15(20)13-5-6-17-8-14(13)16/h5-6,8,11-12H,2-4,7,9-10,16H2,1H3. The molecule has 20 heavy (non-hydrogen) atoms. The first-order valence-corrected chi connectivity index (χ1v) is 7.41. The molecule has 0 bridgehead atoms. The van der Waals surface area contributed by atoms with Crippen LogP contribution in [0.2, 0.25) is 0 Å². The summed E-state index contributed by atoms with van der Waals surface area (Å²) in [7, 11) is 0. The van der Waals surface area contributed by atoms with E-state index in [1.54, 1.807) is 18.5 Å². The molecule has 2 fully saturated rings. The first-order chi connectivity index (χ1) is 9.66. The van der Waals surface area contributed by atoms with Crippen molar-refractivity contribution in [3.63, 3.8) is 0 Å². The Morgan fingerprint density at radius 3 is 3.05 bits per heavy atom. The molecule has 2 aliphatic heterocycles. The third-order valence-corrected chi connectivity index (χ3v) is 4.53. The first-order valence-electron chi connectivity index (χ1n) is 7.41. The third kappa shape index (κ3) is 2.38. The minimum atomic E-state index is 0.0441. The summed E-state index contributed by atoms with van der Waals surface area (Å²) in [4.78, 5) is 21.2. The van der Waals surface area contributed by atoms with Crippen molar-refractivity contribution in [2.24, 2.45) is 0 Å². The molecule has 3 heterocycles. The van der Waals surface area contributed by atoms with Gasteiger partial charge in [-0.1, -0.05) is 6.42 Å². The van der Waals surface area contributed by atoms with E-state index in [1.807, 2.05) is 4.90 Å². The number of piperazine rings is 1. The smallest absolute Gasteiger partial charge is 0.256 e. The van der Waals surface area contributed by atoms with E-state index in [0.717, 1.165) is 13.1 Å². The summed E-state index contributed by atoms with van der Waals surface area (Å²) < 4.78 is 0. The van der Waals surface area contributed by atoms with Crippen LogP contribution in [-0.4, -0.2) is 52.4 Å². The van der Waals surface area contributed by atoms with Gasteiger partial charge in [-0.2, -0.15) is 0 Å². The number of anilines is 1. The number of nitrogens with two attached hydrogens (primary N) is 1. The Hall–Kier alpha value is -1.62. The highest BCUT2D eigenvalue weighted by atomic mass is 16.2. The SMILES string of the molecule is CC1CN2CCCCC2CN1C(=O)c1ccncc1N. The summed E-state index contributed by atoms with van der Waals surface area (Å²) >= 11 is 0. The molecule has 3 rings (SSSR count). The van der Waals surface area contributed by atoms with E-state index in [9.17, 15) is 4.79 Å². The number of aromatic nitrogens is 1. The van der Waals surface area contributed by atoms with Crippen LogP contribution in [0.5, 0.6) is 0 Å². The summed E-state index contributed by atoms with van der Waals surface area (Å²) in [6.45, 7) is 5.09. The fraction of sp³-hybridized carbons (Fsp3) is 0.600. The Bertz CT molecular complexity index is 504. The Labute approximate surface area is 119 Å². The van der Waals surface area contributed by atoms with Gasteiger partial charge in [-0.3, -0.25) is 14.7 Å². The predicted molar refractivity (Wildman–Crippen MR) is 78.4 cm³/mol. The Morgan fingerprint density at radius 2 is 2.25 bits per heavy atom. The largest absolute Gasteiger partial charge is 0.397 e. The molecule has 2 saturated heterocycles. The quantitative estimate of drug-likeness (QED) is 0.840. The van der Waals surface area contributed by atoms with Crippen molar-refractivity contribution in [2.45, 2.75) is 38.3 Å². The van der Waals surface area contributed by atoms with Gasteiger partial charge in [0.25, 0.3) is 5.91 Å². The normalized spacial score (nSPS) is 27.1. The zero-order valence-electron chi connectivity index (χ0n) is 12.0. The second-order valence-corrected chi connectivity index (χ2v) is 5.91. The van der Waals surface area contributed by atoms with Crippen LogP contribution in [0.3, 0.4) is 0 Å². The zero-order chi connectivity index (χ0) is 14.1. The van der Waals surface area contributed by atoms with Gasteiger partial charge in [-0.05, 0) is 32.4 Å². The van der Waals surface area contributed by atoms with Crippen molar-refractivity contribution in [3.8, 4) is 0 Å². The molecule has 2 aliphatic rings. The number of hydrogen-bond donors (Lipinski definition) is 1. The van der Waals surface area contributed by atoms with Crippen LogP contribution in [0.25, 0.3) is 0 Å². The van der Waals surface area contributed by atoms with Gasteiger partial charge in [-0.25, -0.2) is 0 Å². The number of amides is 1. The van der Waals surface area contributed by atoms with Gasteiger partial charge in [0.05, 0.1) is 17.4 Å². The number of fused-ring (bicyclic) bond motifs is 1. The van der Waals surface area contributed by atoms with Crippen molar-refractivity contribution < 1.29 is 4.79 Å². The molecule has 1 aromatic rings. The maximum atomic E-state index is 12.7. The molecule has 2 atom stereocenters. The van der Waals surface area contributed by atoms with Gasteiger partial charge >= 0.3 is 0 Å². The molecule has 5 heteroatoms. The van der Waals surface area contributed by atoms with Crippen LogP contribution in [0.4, 0.5) is 5.69 Å². The lowest BCUT2D eigenvalue weighted by molar-refractivity contribution is 0.0152. The average molecular weight is 274 g/mol. The number of carbonyl (C=O) groups is 1. The minimum absolute atomic E-state index is 0.0441. The number of hydrogen-bond acceptors (Lipinski definition) is 4. The maximum Gasteiger partial charge on any atom is 0.256 e. The predicted octanol–water partition coefficient (Wildman–Crippen LogP) is 1.36. The van der Waals surface area contributed by atoms with Crippen molar-refractivity contribution in [2.75, 3.05) is 25.4 Å². The molecule has 0 aliphatic carbocycles. The second-order valence-electron chi connectivity index (χ2n) is 5.91. The highest BCUT2D eigenvalue weighted by Gasteiger charge is 2.35. The monoisotopic (exact) mass is 274 g/mol. The molecule has 0 aromatic carbocycles. The number of nitrogens with zero attached hydrogens (tertiary/aromatic N) is 3. The van der Waals surface area contributed by atoms with Crippen LogP contribution in [0.1, 0.15) is 36.5 Å². The summed E-state index contributed by atoms with van der Waals surface area (Å²) in [5, 5.41) is 0. The topological polar surface area (TPSA) is 62.5 Å². The fourth-order valence-corrected chi connectivity index (χ4v) is 3.39. The van der Waals surface area contributed by atoms with E-state index in [0.29, 0.717) is 17.3 Å². The van der Waals surface area contributed by atoms with Crippen LogP contribution in [0.15, 0.2) is 18.5 Å². The summed E-state index contributed by atoms with van der Waals surface area (Å²) in [5.74, 6) is 0.0441. The summed E-state index contributed by atoms with van der Waals surface area (Å²) in [6, 6.07) is 2.48. The van der Waals surface area contributed by atoms with Crippen molar-refractivity contribution >= 4 is 11.6 Å². The van der Waals surface area contributed by atoms with Gasteiger partial charge < -0.3 is 10.6 Å². The number of rotatable bonds is 1. The zero-order valence-corrected chi connectivity index (χ0v) is 12.0. The maximum absolute atomic E-state index is 12.7. The highest BCUT2D eigenvalue weighted by Crippen LogP contribution is 2.25. The van der Waals surface area contributed by atoms with Crippen LogP contribution < -0.4 is 5.73 Å². The van der Waals surface area contributed by atoms with Crippen LogP contribution in [-0.2, 0) is 0 Å². The molecule has 5 nitrogen and oxygen atoms in total. The van der Waals surface area contributed by atoms with E-state index in [1.165, 1.54) is 25.8 Å². The number of piperidine rings is 1. The highest BCUT2D eigenvalue weighted by molar-refractivity contribution is 5.99. The molecule has 0 spiro atoms. The molecule has 2 N–H and O–H groups in total. The third-order valence-electron chi connectivity index (χ3n) is 4.53. The lowest BCUT2D eigenvalue weighted by Gasteiger charge is -2.47. The molecular weight excluding hydrogens is 252 g/mol. The molecule has 0 radical (unpaired) electrons. The van der Waals surface area contributed by atoms with Gasteiger partial charge in [0.2, 0.25) is 0 Å². The van der Waals surface area contributed by atoms with E-state index in [2.05, 4.69) is 16.8 Å². The number of carbonyl (C=O) groups excluding carboxylic acids is 1. The number of nitrogen functional groups attached to an aromatic ring is 1. The second kappa shape index (κ2) is 5.40. The van der Waals surface area contributed by atoms with Crippen molar-refractivity contribution in [1.82, 2.24) is 14.8 Å². The van der Waals surface area contributed by atoms with Gasteiger partial charge in [0, 0.05) is 31.4 Å². The average Bonchev–Trinajstić information content (AvgIpc) is 2.46. The Balaban J connectivity index is 1.79. The summed E-state index contributed by atoms with van der Waals surface area (Å²) in [5.41, 5.74) is 6.93. The van der Waals surface area contributed by atoms with E-state index < -0.39 is 0 Å². The molecule has 0 saturated carbocycles. The first kappa shape index (κ1) is 13.4. The Kier molecular flexibility index (Phi) is 3.61. The van der Waals surface area contributed by atoms with E-state index >= 15 is 0 Å². The minimum Gasteiger partial charge on any atom is -0.397 e. The van der Waals surface area contributed by atoms with Crippen molar-refractivity contribution in [3.05, 3.63) is 24.0 Å². The van der Waals surface area contributed by atoms with Crippen LogP contribution in [0, 0.1) is 0 Å². The van der Waals surface area contributed by atoms with E-state index in [4.69, 9.17) is 5.73 Å². The molecular formula is C15H22N4O. The van der Waals surface area contributed by atoms with Crippen LogP contribution >= 0.6 is 0 Å². The lowest BCUT2D eigenvalue weighted by atomic mass is 9.96. The van der Waals surface area contributed by atoms with Crippen molar-refractivity contribution in [1.29, 1.82) is 0 Å². The molecule has 1 amide bonds. The molecule has 1 aromatic heterocycles. The fourth-order valence-electron chi connectivity index (χ4n) is 3.39. The number of pyridine rings is 1. The van der Waals surface area contributed by atoms with Gasteiger partial charge in [0.1, 0.15) is 0 Å². The molecule has 108 valence electrons. The lowest BCUT2D eigenvalue weighted by Crippen LogP contribution is -2.60. The van der Waals surface area contributed by atoms with Gasteiger partial charge in [-0.15, -0.1) is 0 Å². The molecule has 2 unspecified atom stereocenters. The Morgan fingerprint density at radius 1 is 1.40 bits per heavy atom. The van der Waals surface area contributed by atoms with E-state index in [-0.39, 0.29) is 11.9 Å².